The van der Waals surface area contributed by atoms with E-state index in [1.54, 1.807) is 42.5 Å². The van der Waals surface area contributed by atoms with Crippen LogP contribution in [0, 0.1) is 0 Å². The molecule has 39 heavy (non-hydrogen) atoms. The number of piperazine rings is 1. The highest BCUT2D eigenvalue weighted by atomic mass is 16.5. The average Bonchev–Trinajstić information content (AvgIpc) is 3.39. The van der Waals surface area contributed by atoms with Gasteiger partial charge in [-0.1, -0.05) is 30.3 Å². The molecule has 0 unspecified atom stereocenters. The summed E-state index contributed by atoms with van der Waals surface area (Å²) in [6, 6.07) is 21.7. The smallest absolute Gasteiger partial charge is 0.287 e. The molecule has 2 amide bonds. The predicted molar refractivity (Wildman–Crippen MR) is 152 cm³/mol. The van der Waals surface area contributed by atoms with Crippen molar-refractivity contribution in [2.24, 2.45) is 0 Å². The van der Waals surface area contributed by atoms with E-state index in [0.717, 1.165) is 49.3 Å². The first-order valence-electron chi connectivity index (χ1n) is 13.1. The van der Waals surface area contributed by atoms with Crippen molar-refractivity contribution in [2.75, 3.05) is 57.4 Å². The van der Waals surface area contributed by atoms with E-state index in [1.165, 1.54) is 0 Å². The highest BCUT2D eigenvalue weighted by Gasteiger charge is 2.18. The van der Waals surface area contributed by atoms with Crippen LogP contribution in [0.15, 0.2) is 77.2 Å². The van der Waals surface area contributed by atoms with Gasteiger partial charge in [-0.15, -0.1) is 0 Å². The van der Waals surface area contributed by atoms with Gasteiger partial charge in [0, 0.05) is 49.2 Å². The van der Waals surface area contributed by atoms with Crippen molar-refractivity contribution < 1.29 is 18.7 Å². The number of likely N-dealkylation sites (N-methyl/N-ethyl adjacent to an activating group) is 1. The molecule has 4 aromatic rings. The van der Waals surface area contributed by atoms with E-state index in [9.17, 15) is 9.59 Å². The molecule has 2 heterocycles. The van der Waals surface area contributed by atoms with Crippen LogP contribution in [-0.4, -0.2) is 68.0 Å². The normalized spacial score (nSPS) is 14.3. The number of hydrogen-bond acceptors (Lipinski definition) is 7. The number of amides is 2. The first kappa shape index (κ1) is 26.3. The third-order valence-electron chi connectivity index (χ3n) is 6.82. The molecule has 4 N–H and O–H groups in total. The van der Waals surface area contributed by atoms with Crippen molar-refractivity contribution in [1.29, 1.82) is 0 Å². The van der Waals surface area contributed by atoms with Gasteiger partial charge in [0.25, 0.3) is 11.8 Å². The van der Waals surface area contributed by atoms with Crippen molar-refractivity contribution >= 4 is 34.2 Å². The number of carbonyl (C=O) groups excluding carboxylic acids is 2. The Morgan fingerprint density at radius 1 is 0.949 bits per heavy atom. The Kier molecular flexibility index (Phi) is 8.10. The number of benzene rings is 3. The van der Waals surface area contributed by atoms with Crippen molar-refractivity contribution in [2.45, 2.75) is 6.54 Å². The number of nitrogens with zero attached hydrogens (tertiary/aromatic N) is 2. The van der Waals surface area contributed by atoms with Crippen molar-refractivity contribution in [1.82, 2.24) is 15.1 Å². The molecule has 5 rings (SSSR count). The second-order valence-corrected chi connectivity index (χ2v) is 9.70. The second-order valence-electron chi connectivity index (χ2n) is 9.70. The Labute approximate surface area is 227 Å². The Morgan fingerprint density at radius 2 is 1.72 bits per heavy atom. The third kappa shape index (κ3) is 6.57. The highest BCUT2D eigenvalue weighted by molar-refractivity contribution is 6.05. The lowest BCUT2D eigenvalue weighted by Crippen LogP contribution is -2.43. The number of anilines is 2. The van der Waals surface area contributed by atoms with E-state index >= 15 is 0 Å². The van der Waals surface area contributed by atoms with Crippen molar-refractivity contribution in [3.05, 3.63) is 89.7 Å². The number of hydrogen-bond donors (Lipinski definition) is 3. The first-order valence-corrected chi connectivity index (χ1v) is 13.1. The molecule has 0 bridgehead atoms. The van der Waals surface area contributed by atoms with Gasteiger partial charge >= 0.3 is 0 Å². The fourth-order valence-electron chi connectivity index (χ4n) is 4.54. The SMILES string of the molecule is CN1CCN(Cc2cccc3cc(C(=O)NCCOc4ccc(C(=O)Nc5ccccc5N)cc4)oc23)CC1. The summed E-state index contributed by atoms with van der Waals surface area (Å²) >= 11 is 0. The van der Waals surface area contributed by atoms with Crippen molar-refractivity contribution in [3.8, 4) is 5.75 Å². The predicted octanol–water partition coefficient (Wildman–Crippen LogP) is 3.82. The Balaban J connectivity index is 1.10. The van der Waals surface area contributed by atoms with Gasteiger partial charge in [0.15, 0.2) is 5.76 Å². The van der Waals surface area contributed by atoms with Crippen LogP contribution in [0.25, 0.3) is 11.0 Å². The maximum absolute atomic E-state index is 12.7. The fourth-order valence-corrected chi connectivity index (χ4v) is 4.54. The number of fused-ring (bicyclic) bond motifs is 1. The number of nitrogens with one attached hydrogen (secondary N) is 2. The molecule has 1 aromatic heterocycles. The standard InChI is InChI=1S/C30H33N5O4/c1-34-14-16-35(17-15-34)20-23-6-4-5-22-19-27(39-28(22)23)30(37)32-13-18-38-24-11-9-21(10-12-24)29(36)33-26-8-3-2-7-25(26)31/h2-12,19H,13-18,20,31H2,1H3,(H,32,37)(H,33,36). The van der Waals surface area contributed by atoms with E-state index in [0.29, 0.717) is 29.2 Å². The lowest BCUT2D eigenvalue weighted by atomic mass is 10.1. The van der Waals surface area contributed by atoms with Crippen LogP contribution in [0.4, 0.5) is 11.4 Å². The minimum absolute atomic E-state index is 0.260. The van der Waals surface area contributed by atoms with E-state index in [-0.39, 0.29) is 24.2 Å². The van der Waals surface area contributed by atoms with Crippen LogP contribution < -0.4 is 21.1 Å². The zero-order valence-corrected chi connectivity index (χ0v) is 22.0. The third-order valence-corrected chi connectivity index (χ3v) is 6.82. The van der Waals surface area contributed by atoms with E-state index in [1.807, 2.05) is 24.3 Å². The molecule has 9 heteroatoms. The summed E-state index contributed by atoms with van der Waals surface area (Å²) in [6.45, 7) is 5.50. The highest BCUT2D eigenvalue weighted by Crippen LogP contribution is 2.25. The maximum Gasteiger partial charge on any atom is 0.287 e. The second kappa shape index (κ2) is 12.0. The summed E-state index contributed by atoms with van der Waals surface area (Å²) in [5.74, 6) is 0.333. The number of ether oxygens (including phenoxy) is 1. The maximum atomic E-state index is 12.7. The van der Waals surface area contributed by atoms with Crippen LogP contribution in [0.1, 0.15) is 26.5 Å². The number of nitrogen functional groups attached to an aromatic ring is 1. The van der Waals surface area contributed by atoms with Crippen LogP contribution >= 0.6 is 0 Å². The molecule has 1 aliphatic rings. The summed E-state index contributed by atoms with van der Waals surface area (Å²) in [4.78, 5) is 29.9. The van der Waals surface area contributed by atoms with E-state index in [4.69, 9.17) is 14.9 Å². The minimum Gasteiger partial charge on any atom is -0.492 e. The first-order chi connectivity index (χ1) is 19.0. The Bertz CT molecular complexity index is 1440. The molecule has 0 saturated carbocycles. The van der Waals surface area contributed by atoms with Gasteiger partial charge in [0.1, 0.15) is 17.9 Å². The zero-order valence-electron chi connectivity index (χ0n) is 22.0. The van der Waals surface area contributed by atoms with Gasteiger partial charge in [-0.3, -0.25) is 14.5 Å². The van der Waals surface area contributed by atoms with Gasteiger partial charge in [0.05, 0.1) is 17.9 Å². The topological polar surface area (TPSA) is 113 Å². The molecule has 0 spiro atoms. The summed E-state index contributed by atoms with van der Waals surface area (Å²) in [5, 5.41) is 6.56. The summed E-state index contributed by atoms with van der Waals surface area (Å²) in [7, 11) is 2.14. The van der Waals surface area contributed by atoms with Gasteiger partial charge in [-0.2, -0.15) is 0 Å². The molecule has 1 aliphatic heterocycles. The number of rotatable bonds is 9. The fraction of sp³-hybridized carbons (Fsp3) is 0.267. The monoisotopic (exact) mass is 527 g/mol. The minimum atomic E-state index is -0.285. The number of furan rings is 1. The molecule has 9 nitrogen and oxygen atoms in total. The molecule has 202 valence electrons. The van der Waals surface area contributed by atoms with Crippen LogP contribution in [0.2, 0.25) is 0 Å². The number of para-hydroxylation sites is 3. The lowest BCUT2D eigenvalue weighted by molar-refractivity contribution is 0.0920. The van der Waals surface area contributed by atoms with Gasteiger partial charge < -0.3 is 30.4 Å². The molecule has 1 fully saturated rings. The quantitative estimate of drug-likeness (QED) is 0.224. The molecule has 1 saturated heterocycles. The largest absolute Gasteiger partial charge is 0.492 e. The summed E-state index contributed by atoms with van der Waals surface area (Å²) in [5.41, 5.74) is 9.28. The molecular formula is C30H33N5O4. The van der Waals surface area contributed by atoms with Crippen LogP contribution in [-0.2, 0) is 6.54 Å². The van der Waals surface area contributed by atoms with E-state index < -0.39 is 0 Å². The molecule has 0 radical (unpaired) electrons. The summed E-state index contributed by atoms with van der Waals surface area (Å²) in [6.07, 6.45) is 0. The Morgan fingerprint density at radius 3 is 2.49 bits per heavy atom. The summed E-state index contributed by atoms with van der Waals surface area (Å²) < 4.78 is 11.7. The average molecular weight is 528 g/mol. The van der Waals surface area contributed by atoms with Crippen LogP contribution in [0.5, 0.6) is 5.75 Å². The molecule has 0 aliphatic carbocycles. The van der Waals surface area contributed by atoms with Crippen molar-refractivity contribution in [3.63, 3.8) is 0 Å². The van der Waals surface area contributed by atoms with Gasteiger partial charge in [-0.25, -0.2) is 0 Å². The molecular weight excluding hydrogens is 494 g/mol. The van der Waals surface area contributed by atoms with Crippen LogP contribution in [0.3, 0.4) is 0 Å². The number of carbonyl (C=O) groups is 2. The lowest BCUT2D eigenvalue weighted by Gasteiger charge is -2.32. The number of nitrogens with two attached hydrogens (primary N) is 1. The Hall–Kier alpha value is -4.34. The van der Waals surface area contributed by atoms with Gasteiger partial charge in [0.2, 0.25) is 0 Å². The zero-order chi connectivity index (χ0) is 27.2. The molecule has 0 atom stereocenters. The molecule has 3 aromatic carbocycles. The van der Waals surface area contributed by atoms with E-state index in [2.05, 4.69) is 33.5 Å². The van der Waals surface area contributed by atoms with Gasteiger partial charge in [-0.05, 0) is 49.5 Å².